The van der Waals surface area contributed by atoms with Crippen molar-refractivity contribution in [2.45, 2.75) is 13.8 Å². The standard InChI is InChI=1S/C14H29N5O2.HI/c1-4-15-14(17-6-12-21-3)16-5-7-18-8-10-19(11-9-18)13(2)20;/h4-12H2,1-3H3,(H2,15,16,17);1H. The normalized spacial score (nSPS) is 16.1. The lowest BCUT2D eigenvalue weighted by Gasteiger charge is -2.33. The second-order valence-corrected chi connectivity index (χ2v) is 5.03. The third-order valence-electron chi connectivity index (χ3n) is 3.45. The van der Waals surface area contributed by atoms with Crippen LogP contribution in [0.1, 0.15) is 13.8 Å². The Hall–Kier alpha value is -0.610. The van der Waals surface area contributed by atoms with Gasteiger partial charge in [-0.15, -0.1) is 24.0 Å². The monoisotopic (exact) mass is 427 g/mol. The summed E-state index contributed by atoms with van der Waals surface area (Å²) in [5, 5.41) is 6.44. The number of halogens is 1. The molecule has 0 unspecified atom stereocenters. The molecule has 1 aliphatic heterocycles. The van der Waals surface area contributed by atoms with Gasteiger partial charge in [0.25, 0.3) is 0 Å². The number of rotatable bonds is 7. The van der Waals surface area contributed by atoms with Gasteiger partial charge in [-0.05, 0) is 6.92 Å². The predicted octanol–water partition coefficient (Wildman–Crippen LogP) is -0.0300. The number of aliphatic imine (C=N–C) groups is 1. The zero-order valence-corrected chi connectivity index (χ0v) is 16.3. The summed E-state index contributed by atoms with van der Waals surface area (Å²) in [6.45, 7) is 11.1. The summed E-state index contributed by atoms with van der Waals surface area (Å²) in [5.41, 5.74) is 0. The van der Waals surface area contributed by atoms with E-state index in [-0.39, 0.29) is 29.9 Å². The topological polar surface area (TPSA) is 69.2 Å². The van der Waals surface area contributed by atoms with Crippen molar-refractivity contribution in [2.24, 2.45) is 4.99 Å². The largest absolute Gasteiger partial charge is 0.383 e. The number of hydrogen-bond donors (Lipinski definition) is 2. The molecule has 0 aromatic carbocycles. The third-order valence-corrected chi connectivity index (χ3v) is 3.45. The molecule has 1 aliphatic rings. The van der Waals surface area contributed by atoms with Crippen molar-refractivity contribution < 1.29 is 9.53 Å². The number of carbonyl (C=O) groups excluding carboxylic acids is 1. The van der Waals surface area contributed by atoms with E-state index in [1.807, 2.05) is 4.90 Å². The highest BCUT2D eigenvalue weighted by atomic mass is 127. The van der Waals surface area contributed by atoms with E-state index in [4.69, 9.17) is 4.74 Å². The summed E-state index contributed by atoms with van der Waals surface area (Å²) < 4.78 is 5.01. The van der Waals surface area contributed by atoms with E-state index in [1.165, 1.54) is 0 Å². The zero-order valence-electron chi connectivity index (χ0n) is 13.9. The molecule has 1 amide bonds. The Morgan fingerprint density at radius 3 is 2.45 bits per heavy atom. The van der Waals surface area contributed by atoms with Gasteiger partial charge < -0.3 is 20.3 Å². The predicted molar refractivity (Wildman–Crippen MR) is 100.0 cm³/mol. The van der Waals surface area contributed by atoms with Crippen LogP contribution in [0.4, 0.5) is 0 Å². The van der Waals surface area contributed by atoms with E-state index < -0.39 is 0 Å². The Morgan fingerprint density at radius 1 is 1.23 bits per heavy atom. The molecule has 0 spiro atoms. The Balaban J connectivity index is 0.00000441. The van der Waals surface area contributed by atoms with Gasteiger partial charge in [0.1, 0.15) is 0 Å². The third kappa shape index (κ3) is 8.74. The highest BCUT2D eigenvalue weighted by molar-refractivity contribution is 14.0. The molecule has 0 aliphatic carbocycles. The highest BCUT2D eigenvalue weighted by Gasteiger charge is 2.17. The number of methoxy groups -OCH3 is 1. The summed E-state index contributed by atoms with van der Waals surface area (Å²) in [5.74, 6) is 1.00. The molecule has 1 saturated heterocycles. The van der Waals surface area contributed by atoms with Crippen molar-refractivity contribution in [1.82, 2.24) is 20.4 Å². The van der Waals surface area contributed by atoms with Crippen molar-refractivity contribution in [3.8, 4) is 0 Å². The van der Waals surface area contributed by atoms with Crippen LogP contribution in [-0.2, 0) is 9.53 Å². The van der Waals surface area contributed by atoms with Gasteiger partial charge in [-0.1, -0.05) is 0 Å². The number of nitrogens with zero attached hydrogens (tertiary/aromatic N) is 3. The molecular formula is C14H30IN5O2. The van der Waals surface area contributed by atoms with Gasteiger partial charge in [0, 0.05) is 59.8 Å². The molecule has 0 aromatic rings. The van der Waals surface area contributed by atoms with Crippen LogP contribution >= 0.6 is 24.0 Å². The van der Waals surface area contributed by atoms with Crippen LogP contribution in [0.3, 0.4) is 0 Å². The van der Waals surface area contributed by atoms with Crippen LogP contribution in [0, 0.1) is 0 Å². The Labute approximate surface area is 150 Å². The Kier molecular flexibility index (Phi) is 12.5. The molecule has 1 heterocycles. The number of nitrogens with one attached hydrogen (secondary N) is 2. The molecule has 0 saturated carbocycles. The minimum absolute atomic E-state index is 0. The Morgan fingerprint density at radius 2 is 1.91 bits per heavy atom. The van der Waals surface area contributed by atoms with Crippen LogP contribution in [0.15, 0.2) is 4.99 Å². The van der Waals surface area contributed by atoms with Crippen LogP contribution in [0.5, 0.6) is 0 Å². The molecule has 130 valence electrons. The molecule has 1 fully saturated rings. The second kappa shape index (κ2) is 12.9. The summed E-state index contributed by atoms with van der Waals surface area (Å²) in [7, 11) is 1.69. The minimum Gasteiger partial charge on any atom is -0.383 e. The number of hydrogen-bond acceptors (Lipinski definition) is 4. The van der Waals surface area contributed by atoms with Gasteiger partial charge in [0.15, 0.2) is 5.96 Å². The summed E-state index contributed by atoms with van der Waals surface area (Å²) >= 11 is 0. The van der Waals surface area contributed by atoms with E-state index in [0.29, 0.717) is 6.61 Å². The van der Waals surface area contributed by atoms with Gasteiger partial charge in [-0.2, -0.15) is 0 Å². The van der Waals surface area contributed by atoms with E-state index >= 15 is 0 Å². The lowest BCUT2D eigenvalue weighted by Crippen LogP contribution is -2.48. The number of amides is 1. The highest BCUT2D eigenvalue weighted by Crippen LogP contribution is 2.01. The van der Waals surface area contributed by atoms with Crippen LogP contribution < -0.4 is 10.6 Å². The first-order valence-electron chi connectivity index (χ1n) is 7.66. The fourth-order valence-electron chi connectivity index (χ4n) is 2.20. The molecular weight excluding hydrogens is 397 g/mol. The molecule has 2 N–H and O–H groups in total. The van der Waals surface area contributed by atoms with Crippen molar-refractivity contribution in [3.63, 3.8) is 0 Å². The van der Waals surface area contributed by atoms with Crippen LogP contribution in [-0.4, -0.2) is 87.7 Å². The molecule has 7 nitrogen and oxygen atoms in total. The van der Waals surface area contributed by atoms with Crippen molar-refractivity contribution in [2.75, 3.05) is 66.1 Å². The Bertz CT molecular complexity index is 333. The van der Waals surface area contributed by atoms with Gasteiger partial charge in [-0.25, -0.2) is 0 Å². The quantitative estimate of drug-likeness (QED) is 0.259. The van der Waals surface area contributed by atoms with Crippen molar-refractivity contribution >= 4 is 35.8 Å². The minimum atomic E-state index is 0. The van der Waals surface area contributed by atoms with E-state index in [0.717, 1.165) is 58.3 Å². The van der Waals surface area contributed by atoms with E-state index in [1.54, 1.807) is 14.0 Å². The summed E-state index contributed by atoms with van der Waals surface area (Å²) in [4.78, 5) is 20.1. The van der Waals surface area contributed by atoms with E-state index in [9.17, 15) is 4.79 Å². The van der Waals surface area contributed by atoms with Gasteiger partial charge in [0.05, 0.1) is 13.2 Å². The maximum absolute atomic E-state index is 11.3. The number of carbonyl (C=O) groups is 1. The van der Waals surface area contributed by atoms with Crippen molar-refractivity contribution in [1.29, 1.82) is 0 Å². The van der Waals surface area contributed by atoms with E-state index in [2.05, 4.69) is 27.4 Å². The molecule has 22 heavy (non-hydrogen) atoms. The summed E-state index contributed by atoms with van der Waals surface area (Å²) in [6, 6.07) is 0. The molecule has 0 bridgehead atoms. The van der Waals surface area contributed by atoms with Gasteiger partial charge in [0.2, 0.25) is 5.91 Å². The first-order chi connectivity index (χ1) is 10.2. The lowest BCUT2D eigenvalue weighted by molar-refractivity contribution is -0.130. The number of guanidine groups is 1. The average Bonchev–Trinajstić information content (AvgIpc) is 2.48. The van der Waals surface area contributed by atoms with Gasteiger partial charge in [-0.3, -0.25) is 14.7 Å². The molecule has 0 radical (unpaired) electrons. The zero-order chi connectivity index (χ0) is 15.5. The molecule has 0 aromatic heterocycles. The fourth-order valence-corrected chi connectivity index (χ4v) is 2.20. The molecule has 1 rings (SSSR count). The molecule has 0 atom stereocenters. The van der Waals surface area contributed by atoms with Gasteiger partial charge >= 0.3 is 0 Å². The smallest absolute Gasteiger partial charge is 0.219 e. The van der Waals surface area contributed by atoms with Crippen molar-refractivity contribution in [3.05, 3.63) is 0 Å². The summed E-state index contributed by atoms with van der Waals surface area (Å²) in [6.07, 6.45) is 0. The SMILES string of the molecule is CCNC(=NCCN1CCN(C(C)=O)CC1)NCCOC.I. The molecule has 8 heteroatoms. The first-order valence-corrected chi connectivity index (χ1v) is 7.66. The number of ether oxygens (including phenoxy) is 1. The van der Waals surface area contributed by atoms with Crippen LogP contribution in [0.2, 0.25) is 0 Å². The first kappa shape index (κ1) is 21.4. The maximum atomic E-state index is 11.3. The lowest BCUT2D eigenvalue weighted by atomic mass is 10.3. The number of piperazine rings is 1. The average molecular weight is 427 g/mol. The van der Waals surface area contributed by atoms with Crippen LogP contribution in [0.25, 0.3) is 0 Å². The fraction of sp³-hybridized carbons (Fsp3) is 0.857. The second-order valence-electron chi connectivity index (χ2n) is 5.03. The maximum Gasteiger partial charge on any atom is 0.219 e.